The zero-order valence-electron chi connectivity index (χ0n) is 15.4. The third-order valence-electron chi connectivity index (χ3n) is 5.15. The molecule has 2 aromatic rings. The first-order chi connectivity index (χ1) is 13.0. The van der Waals surface area contributed by atoms with Gasteiger partial charge in [-0.15, -0.1) is 0 Å². The fourth-order valence-corrected chi connectivity index (χ4v) is 3.49. The summed E-state index contributed by atoms with van der Waals surface area (Å²) in [6.07, 6.45) is 5.86. The lowest BCUT2D eigenvalue weighted by atomic mass is 9.88. The third kappa shape index (κ3) is 4.42. The molecule has 3 rings (SSSR count). The Kier molecular flexibility index (Phi) is 5.69. The normalized spacial score (nSPS) is 15.4. The van der Waals surface area contributed by atoms with Gasteiger partial charge in [0, 0.05) is 19.2 Å². The highest BCUT2D eigenvalue weighted by molar-refractivity contribution is 5.92. The van der Waals surface area contributed by atoms with Crippen LogP contribution in [0.4, 0.5) is 0 Å². The van der Waals surface area contributed by atoms with Gasteiger partial charge >= 0.3 is 0 Å². The van der Waals surface area contributed by atoms with Gasteiger partial charge in [0.1, 0.15) is 0 Å². The summed E-state index contributed by atoms with van der Waals surface area (Å²) < 4.78 is 0. The standard InChI is InChI=1S/C22H25NO4/c1-2-15-4-3-5-18(12-15)17-8-10-23(11-9-17)21(26)7-6-16-13-19(24)22(27)20(25)14-16/h3-7,12-14,17,24-25,27H,2,8-11H2,1H3/b7-6+. The number of amides is 1. The number of rotatable bonds is 4. The number of hydrogen-bond donors (Lipinski definition) is 3. The smallest absolute Gasteiger partial charge is 0.246 e. The number of carbonyl (C=O) groups is 1. The van der Waals surface area contributed by atoms with Crippen molar-refractivity contribution in [2.24, 2.45) is 0 Å². The molecule has 27 heavy (non-hydrogen) atoms. The van der Waals surface area contributed by atoms with Crippen molar-refractivity contribution in [1.82, 2.24) is 4.90 Å². The van der Waals surface area contributed by atoms with Gasteiger partial charge in [-0.1, -0.05) is 31.2 Å². The van der Waals surface area contributed by atoms with Crippen molar-refractivity contribution in [3.8, 4) is 17.2 Å². The maximum Gasteiger partial charge on any atom is 0.246 e. The molecular weight excluding hydrogens is 342 g/mol. The second kappa shape index (κ2) is 8.16. The van der Waals surface area contributed by atoms with Crippen molar-refractivity contribution in [1.29, 1.82) is 0 Å². The van der Waals surface area contributed by atoms with Gasteiger partial charge in [-0.25, -0.2) is 0 Å². The largest absolute Gasteiger partial charge is 0.504 e. The fraction of sp³-hybridized carbons (Fsp3) is 0.318. The first kappa shape index (κ1) is 18.8. The Morgan fingerprint density at radius 2 is 1.78 bits per heavy atom. The maximum absolute atomic E-state index is 12.4. The van der Waals surface area contributed by atoms with Crippen molar-refractivity contribution in [2.45, 2.75) is 32.1 Å². The van der Waals surface area contributed by atoms with Crippen LogP contribution in [0.25, 0.3) is 6.08 Å². The van der Waals surface area contributed by atoms with E-state index >= 15 is 0 Å². The minimum absolute atomic E-state index is 0.0946. The Bertz CT molecular complexity index is 828. The lowest BCUT2D eigenvalue weighted by molar-refractivity contribution is -0.126. The van der Waals surface area contributed by atoms with Crippen LogP contribution >= 0.6 is 0 Å². The summed E-state index contributed by atoms with van der Waals surface area (Å²) in [7, 11) is 0. The molecule has 0 atom stereocenters. The van der Waals surface area contributed by atoms with Crippen LogP contribution in [0.15, 0.2) is 42.5 Å². The van der Waals surface area contributed by atoms with E-state index in [4.69, 9.17) is 0 Å². The van der Waals surface area contributed by atoms with Crippen LogP contribution in [0.3, 0.4) is 0 Å². The minimum atomic E-state index is -0.562. The van der Waals surface area contributed by atoms with Crippen LogP contribution in [0.5, 0.6) is 17.2 Å². The van der Waals surface area contributed by atoms with Crippen LogP contribution in [0.2, 0.25) is 0 Å². The van der Waals surface area contributed by atoms with Gasteiger partial charge in [-0.2, -0.15) is 0 Å². The number of phenols is 3. The van der Waals surface area contributed by atoms with Crippen molar-refractivity contribution in [3.63, 3.8) is 0 Å². The Morgan fingerprint density at radius 1 is 1.11 bits per heavy atom. The molecule has 1 amide bonds. The van der Waals surface area contributed by atoms with Crippen LogP contribution in [-0.4, -0.2) is 39.2 Å². The fourth-order valence-electron chi connectivity index (χ4n) is 3.49. The number of carbonyl (C=O) groups excluding carboxylic acids is 1. The zero-order chi connectivity index (χ0) is 19.4. The highest BCUT2D eigenvalue weighted by Gasteiger charge is 2.22. The quantitative estimate of drug-likeness (QED) is 0.567. The lowest BCUT2D eigenvalue weighted by Crippen LogP contribution is -2.36. The van der Waals surface area contributed by atoms with E-state index in [9.17, 15) is 20.1 Å². The molecule has 1 saturated heterocycles. The van der Waals surface area contributed by atoms with E-state index in [0.717, 1.165) is 19.3 Å². The van der Waals surface area contributed by atoms with E-state index < -0.39 is 17.2 Å². The van der Waals surface area contributed by atoms with Gasteiger partial charge in [-0.3, -0.25) is 4.79 Å². The molecule has 1 aliphatic heterocycles. The van der Waals surface area contributed by atoms with Crippen molar-refractivity contribution in [2.75, 3.05) is 13.1 Å². The van der Waals surface area contributed by atoms with Gasteiger partial charge in [0.15, 0.2) is 17.2 Å². The Balaban J connectivity index is 1.60. The number of phenolic OH excluding ortho intramolecular Hbond substituents is 3. The van der Waals surface area contributed by atoms with Gasteiger partial charge in [0.25, 0.3) is 0 Å². The summed E-state index contributed by atoms with van der Waals surface area (Å²) in [5.74, 6) is -1.01. The van der Waals surface area contributed by atoms with E-state index in [2.05, 4.69) is 31.2 Å². The van der Waals surface area contributed by atoms with Gasteiger partial charge in [0.2, 0.25) is 5.91 Å². The Hall–Kier alpha value is -2.95. The molecule has 5 nitrogen and oxygen atoms in total. The molecule has 0 bridgehead atoms. The monoisotopic (exact) mass is 367 g/mol. The maximum atomic E-state index is 12.4. The number of likely N-dealkylation sites (tertiary alicyclic amines) is 1. The highest BCUT2D eigenvalue weighted by atomic mass is 16.3. The number of piperidine rings is 1. The second-order valence-corrected chi connectivity index (χ2v) is 6.94. The first-order valence-corrected chi connectivity index (χ1v) is 9.28. The molecule has 0 saturated carbocycles. The number of benzene rings is 2. The highest BCUT2D eigenvalue weighted by Crippen LogP contribution is 2.35. The number of aromatic hydroxyl groups is 3. The van der Waals surface area contributed by atoms with E-state index in [1.165, 1.54) is 35.4 Å². The van der Waals surface area contributed by atoms with Gasteiger partial charge in [-0.05, 0) is 60.1 Å². The molecule has 3 N–H and O–H groups in total. The summed E-state index contributed by atoms with van der Waals surface area (Å²) in [4.78, 5) is 14.2. The molecular formula is C22H25NO4. The van der Waals surface area contributed by atoms with Crippen LogP contribution in [0, 0.1) is 0 Å². The first-order valence-electron chi connectivity index (χ1n) is 9.28. The van der Waals surface area contributed by atoms with Crippen LogP contribution in [0.1, 0.15) is 42.4 Å². The molecule has 1 heterocycles. The van der Waals surface area contributed by atoms with Crippen molar-refractivity contribution >= 4 is 12.0 Å². The predicted molar refractivity (Wildman–Crippen MR) is 105 cm³/mol. The van der Waals surface area contributed by atoms with E-state index in [-0.39, 0.29) is 5.91 Å². The number of hydrogen-bond acceptors (Lipinski definition) is 4. The lowest BCUT2D eigenvalue weighted by Gasteiger charge is -2.31. The van der Waals surface area contributed by atoms with E-state index in [0.29, 0.717) is 24.6 Å². The Morgan fingerprint density at radius 3 is 2.41 bits per heavy atom. The third-order valence-corrected chi connectivity index (χ3v) is 5.15. The summed E-state index contributed by atoms with van der Waals surface area (Å²) in [6, 6.07) is 11.3. The van der Waals surface area contributed by atoms with E-state index in [1.54, 1.807) is 0 Å². The Labute approximate surface area is 159 Å². The van der Waals surface area contributed by atoms with E-state index in [1.807, 2.05) is 4.90 Å². The molecule has 0 radical (unpaired) electrons. The predicted octanol–water partition coefficient (Wildman–Crippen LogP) is 3.79. The van der Waals surface area contributed by atoms with Gasteiger partial charge in [0.05, 0.1) is 0 Å². The number of aryl methyl sites for hydroxylation is 1. The van der Waals surface area contributed by atoms with Crippen LogP contribution < -0.4 is 0 Å². The topological polar surface area (TPSA) is 81.0 Å². The average molecular weight is 367 g/mol. The summed E-state index contributed by atoms with van der Waals surface area (Å²) >= 11 is 0. The molecule has 1 aliphatic rings. The van der Waals surface area contributed by atoms with Crippen LogP contribution in [-0.2, 0) is 11.2 Å². The average Bonchev–Trinajstić information content (AvgIpc) is 2.70. The molecule has 1 fully saturated rings. The van der Waals surface area contributed by atoms with Gasteiger partial charge < -0.3 is 20.2 Å². The molecule has 0 aliphatic carbocycles. The second-order valence-electron chi connectivity index (χ2n) is 6.94. The summed E-state index contributed by atoms with van der Waals surface area (Å²) in [5.41, 5.74) is 3.14. The van der Waals surface area contributed by atoms with Crippen molar-refractivity contribution < 1.29 is 20.1 Å². The summed E-state index contributed by atoms with van der Waals surface area (Å²) in [5, 5.41) is 28.4. The molecule has 142 valence electrons. The molecule has 0 aromatic heterocycles. The SMILES string of the molecule is CCc1cccc(C2CCN(C(=O)/C=C/c3cc(O)c(O)c(O)c3)CC2)c1. The summed E-state index contributed by atoms with van der Waals surface area (Å²) in [6.45, 7) is 3.56. The molecule has 0 spiro atoms. The number of nitrogens with zero attached hydrogens (tertiary/aromatic N) is 1. The van der Waals surface area contributed by atoms with Crippen molar-refractivity contribution in [3.05, 3.63) is 59.2 Å². The molecule has 0 unspecified atom stereocenters. The molecule has 5 heteroatoms. The zero-order valence-corrected chi connectivity index (χ0v) is 15.4. The minimum Gasteiger partial charge on any atom is -0.504 e. The molecule has 2 aromatic carbocycles.